The van der Waals surface area contributed by atoms with Crippen molar-refractivity contribution in [3.8, 4) is 0 Å². The number of hydrogen-bond donors (Lipinski definition) is 0. The van der Waals surface area contributed by atoms with Crippen molar-refractivity contribution in [2.45, 2.75) is 52.6 Å². The molecule has 2 heterocycles. The summed E-state index contributed by atoms with van der Waals surface area (Å²) in [4.78, 5) is 6.89. The van der Waals surface area contributed by atoms with E-state index >= 15 is 0 Å². The Morgan fingerprint density at radius 2 is 1.74 bits per heavy atom. The molecular weight excluding hydrogens is 240 g/mol. The molecule has 0 aliphatic carbocycles. The summed E-state index contributed by atoms with van der Waals surface area (Å²) in [5.74, 6) is 0.781. The zero-order valence-electron chi connectivity index (χ0n) is 12.2. The molecule has 1 aromatic rings. The van der Waals surface area contributed by atoms with Gasteiger partial charge >= 0.3 is 0 Å². The van der Waals surface area contributed by atoms with Gasteiger partial charge < -0.3 is 9.64 Å². The number of nitrogens with zero attached hydrogens (tertiary/aromatic N) is 4. The minimum atomic E-state index is 0.398. The molecule has 1 saturated heterocycles. The lowest BCUT2D eigenvalue weighted by Crippen LogP contribution is -2.38. The van der Waals surface area contributed by atoms with E-state index in [4.69, 9.17) is 4.74 Å². The highest BCUT2D eigenvalue weighted by Gasteiger charge is 2.21. The van der Waals surface area contributed by atoms with Crippen LogP contribution >= 0.6 is 0 Å². The SMILES string of the molecule is CCOC1CCN(c2nnc(CC)c(CC)n2)CC1. The van der Waals surface area contributed by atoms with Crippen LogP contribution in [-0.2, 0) is 17.6 Å². The number of hydrogen-bond acceptors (Lipinski definition) is 5. The summed E-state index contributed by atoms with van der Waals surface area (Å²) >= 11 is 0. The molecule has 2 rings (SSSR count). The lowest BCUT2D eigenvalue weighted by molar-refractivity contribution is 0.0457. The average molecular weight is 264 g/mol. The Hall–Kier alpha value is -1.23. The molecule has 0 bridgehead atoms. The largest absolute Gasteiger partial charge is 0.378 e. The molecular formula is C14H24N4O. The first kappa shape index (κ1) is 14.2. The van der Waals surface area contributed by atoms with Crippen LogP contribution in [0.4, 0.5) is 5.95 Å². The summed E-state index contributed by atoms with van der Waals surface area (Å²) in [6, 6.07) is 0. The third-order valence-electron chi connectivity index (χ3n) is 3.63. The first-order chi connectivity index (χ1) is 9.28. The molecule has 0 amide bonds. The number of ether oxygens (including phenoxy) is 1. The molecule has 0 aromatic carbocycles. The van der Waals surface area contributed by atoms with Gasteiger partial charge in [0, 0.05) is 19.7 Å². The van der Waals surface area contributed by atoms with Gasteiger partial charge in [-0.15, -0.1) is 5.10 Å². The highest BCUT2D eigenvalue weighted by molar-refractivity contribution is 5.31. The van der Waals surface area contributed by atoms with Gasteiger partial charge in [-0.2, -0.15) is 5.10 Å². The van der Waals surface area contributed by atoms with E-state index in [1.54, 1.807) is 0 Å². The normalized spacial score (nSPS) is 16.9. The maximum Gasteiger partial charge on any atom is 0.245 e. The lowest BCUT2D eigenvalue weighted by Gasteiger charge is -2.31. The Labute approximate surface area is 115 Å². The molecule has 5 heteroatoms. The van der Waals surface area contributed by atoms with Gasteiger partial charge in [0.25, 0.3) is 0 Å². The fourth-order valence-electron chi connectivity index (χ4n) is 2.52. The van der Waals surface area contributed by atoms with Crippen molar-refractivity contribution in [3.63, 3.8) is 0 Å². The Morgan fingerprint density at radius 3 is 2.32 bits per heavy atom. The summed E-state index contributed by atoms with van der Waals surface area (Å²) in [7, 11) is 0. The van der Waals surface area contributed by atoms with Crippen LogP contribution in [-0.4, -0.2) is 41.0 Å². The second-order valence-corrected chi connectivity index (χ2v) is 4.85. The van der Waals surface area contributed by atoms with Crippen molar-refractivity contribution in [1.29, 1.82) is 0 Å². The monoisotopic (exact) mass is 264 g/mol. The van der Waals surface area contributed by atoms with Crippen LogP contribution in [0.5, 0.6) is 0 Å². The Balaban J connectivity index is 2.03. The molecule has 106 valence electrons. The van der Waals surface area contributed by atoms with Crippen molar-refractivity contribution in [2.24, 2.45) is 0 Å². The predicted molar refractivity (Wildman–Crippen MR) is 75.4 cm³/mol. The fourth-order valence-corrected chi connectivity index (χ4v) is 2.52. The van der Waals surface area contributed by atoms with Crippen LogP contribution in [0, 0.1) is 0 Å². The molecule has 1 fully saturated rings. The number of anilines is 1. The average Bonchev–Trinajstić information content (AvgIpc) is 2.47. The first-order valence-electron chi connectivity index (χ1n) is 7.37. The number of rotatable bonds is 5. The third-order valence-corrected chi connectivity index (χ3v) is 3.63. The Bertz CT molecular complexity index is 402. The second kappa shape index (κ2) is 6.80. The third kappa shape index (κ3) is 3.41. The summed E-state index contributed by atoms with van der Waals surface area (Å²) in [5, 5.41) is 8.59. The molecule has 1 aliphatic rings. The number of aromatic nitrogens is 3. The minimum Gasteiger partial charge on any atom is -0.378 e. The van der Waals surface area contributed by atoms with Gasteiger partial charge in [0.2, 0.25) is 5.95 Å². The van der Waals surface area contributed by atoms with Gasteiger partial charge in [-0.3, -0.25) is 0 Å². The van der Waals surface area contributed by atoms with E-state index in [9.17, 15) is 0 Å². The van der Waals surface area contributed by atoms with E-state index < -0.39 is 0 Å². The highest BCUT2D eigenvalue weighted by atomic mass is 16.5. The minimum absolute atomic E-state index is 0.398. The van der Waals surface area contributed by atoms with Crippen LogP contribution in [0.3, 0.4) is 0 Å². The maximum absolute atomic E-state index is 5.67. The van der Waals surface area contributed by atoms with E-state index in [1.807, 2.05) is 0 Å². The first-order valence-corrected chi connectivity index (χ1v) is 7.37. The number of aryl methyl sites for hydroxylation is 2. The molecule has 5 nitrogen and oxygen atoms in total. The summed E-state index contributed by atoms with van der Waals surface area (Å²) in [5.41, 5.74) is 2.11. The molecule has 1 aliphatic heterocycles. The van der Waals surface area contributed by atoms with Crippen molar-refractivity contribution in [1.82, 2.24) is 15.2 Å². The quantitative estimate of drug-likeness (QED) is 0.814. The van der Waals surface area contributed by atoms with Gasteiger partial charge in [-0.25, -0.2) is 4.98 Å². The van der Waals surface area contributed by atoms with E-state index in [0.717, 1.165) is 62.7 Å². The van der Waals surface area contributed by atoms with Crippen molar-refractivity contribution < 1.29 is 4.74 Å². The van der Waals surface area contributed by atoms with Gasteiger partial charge in [0.1, 0.15) is 0 Å². The molecule has 1 aromatic heterocycles. The van der Waals surface area contributed by atoms with Crippen molar-refractivity contribution >= 4 is 5.95 Å². The Kier molecular flexibility index (Phi) is 5.07. The highest BCUT2D eigenvalue weighted by Crippen LogP contribution is 2.18. The smallest absolute Gasteiger partial charge is 0.245 e. The van der Waals surface area contributed by atoms with E-state index in [0.29, 0.717) is 6.10 Å². The molecule has 19 heavy (non-hydrogen) atoms. The van der Waals surface area contributed by atoms with Crippen LogP contribution < -0.4 is 4.90 Å². The van der Waals surface area contributed by atoms with Crippen LogP contribution in [0.25, 0.3) is 0 Å². The molecule has 0 radical (unpaired) electrons. The molecule has 0 saturated carbocycles. The van der Waals surface area contributed by atoms with Crippen LogP contribution in [0.2, 0.25) is 0 Å². The zero-order chi connectivity index (χ0) is 13.7. The zero-order valence-corrected chi connectivity index (χ0v) is 12.2. The summed E-state index contributed by atoms with van der Waals surface area (Å²) < 4.78 is 5.67. The molecule has 0 unspecified atom stereocenters. The Morgan fingerprint density at radius 1 is 1.05 bits per heavy atom. The number of piperidine rings is 1. The van der Waals surface area contributed by atoms with Gasteiger partial charge in [-0.1, -0.05) is 13.8 Å². The second-order valence-electron chi connectivity index (χ2n) is 4.85. The van der Waals surface area contributed by atoms with Crippen LogP contribution in [0.1, 0.15) is 45.0 Å². The fraction of sp³-hybridized carbons (Fsp3) is 0.786. The van der Waals surface area contributed by atoms with Gasteiger partial charge in [0.05, 0.1) is 17.5 Å². The van der Waals surface area contributed by atoms with E-state index in [1.165, 1.54) is 0 Å². The van der Waals surface area contributed by atoms with Crippen molar-refractivity contribution in [2.75, 3.05) is 24.6 Å². The van der Waals surface area contributed by atoms with Gasteiger partial charge in [0.15, 0.2) is 0 Å². The molecule has 0 N–H and O–H groups in total. The topological polar surface area (TPSA) is 51.1 Å². The van der Waals surface area contributed by atoms with Crippen LogP contribution in [0.15, 0.2) is 0 Å². The predicted octanol–water partition coefficient (Wildman–Crippen LogP) is 2.00. The van der Waals surface area contributed by atoms with Crippen molar-refractivity contribution in [3.05, 3.63) is 11.4 Å². The standard InChI is InChI=1S/C14H24N4O/c1-4-12-13(5-2)16-17-14(15-12)18-9-7-11(8-10-18)19-6-3/h11H,4-10H2,1-3H3. The van der Waals surface area contributed by atoms with Gasteiger partial charge in [-0.05, 0) is 32.6 Å². The van der Waals surface area contributed by atoms with E-state index in [-0.39, 0.29) is 0 Å². The molecule has 0 atom stereocenters. The summed E-state index contributed by atoms with van der Waals surface area (Å²) in [6.07, 6.45) is 4.31. The maximum atomic E-state index is 5.67. The van der Waals surface area contributed by atoms with E-state index in [2.05, 4.69) is 40.9 Å². The lowest BCUT2D eigenvalue weighted by atomic mass is 10.1. The summed E-state index contributed by atoms with van der Waals surface area (Å²) in [6.45, 7) is 8.98. The molecule has 0 spiro atoms.